The van der Waals surface area contributed by atoms with E-state index in [-0.39, 0.29) is 11.8 Å². The van der Waals surface area contributed by atoms with Crippen molar-refractivity contribution in [2.75, 3.05) is 13.1 Å². The van der Waals surface area contributed by atoms with E-state index in [2.05, 4.69) is 16.0 Å². The lowest BCUT2D eigenvalue weighted by molar-refractivity contribution is 0.0709. The van der Waals surface area contributed by atoms with Gasteiger partial charge in [-0.25, -0.2) is 4.98 Å². The fourth-order valence-electron chi connectivity index (χ4n) is 2.51. The Labute approximate surface area is 110 Å². The molecule has 0 aromatic carbocycles. The zero-order valence-electron chi connectivity index (χ0n) is 10.5. The van der Waals surface area contributed by atoms with Crippen molar-refractivity contribution in [3.63, 3.8) is 0 Å². The average Bonchev–Trinajstić information content (AvgIpc) is 2.90. The number of hydrogen-bond acceptors (Lipinski definition) is 3. The van der Waals surface area contributed by atoms with Crippen LogP contribution in [0.4, 0.5) is 0 Å². The quantitative estimate of drug-likeness (QED) is 0.845. The summed E-state index contributed by atoms with van der Waals surface area (Å²) in [6.07, 6.45) is 4.95. The van der Waals surface area contributed by atoms with E-state index < -0.39 is 0 Å². The minimum atomic E-state index is 0.0237. The molecule has 0 atom stereocenters. The molecule has 1 amide bonds. The number of likely N-dealkylation sites (tertiary alicyclic amines) is 1. The molecule has 5 heteroatoms. The van der Waals surface area contributed by atoms with Crippen LogP contribution >= 0.6 is 0 Å². The number of nitrogens with zero attached hydrogens (tertiary/aromatic N) is 3. The van der Waals surface area contributed by atoms with Crippen molar-refractivity contribution >= 4 is 16.9 Å². The Morgan fingerprint density at radius 2 is 2.26 bits per heavy atom. The van der Waals surface area contributed by atoms with Crippen LogP contribution in [-0.4, -0.2) is 33.9 Å². The second kappa shape index (κ2) is 4.73. The Bertz CT molecular complexity index is 647. The number of nitriles is 1. The zero-order chi connectivity index (χ0) is 13.2. The second-order valence-electron chi connectivity index (χ2n) is 4.80. The van der Waals surface area contributed by atoms with E-state index in [1.54, 1.807) is 12.4 Å². The van der Waals surface area contributed by atoms with E-state index >= 15 is 0 Å². The molecule has 2 aromatic heterocycles. The third kappa shape index (κ3) is 2.06. The van der Waals surface area contributed by atoms with Crippen LogP contribution in [0.5, 0.6) is 0 Å². The number of nitrogens with one attached hydrogen (secondary N) is 1. The van der Waals surface area contributed by atoms with E-state index in [0.717, 1.165) is 23.9 Å². The molecular weight excluding hydrogens is 240 g/mol. The maximum absolute atomic E-state index is 12.5. The van der Waals surface area contributed by atoms with Gasteiger partial charge in [0.15, 0.2) is 0 Å². The van der Waals surface area contributed by atoms with Gasteiger partial charge in [0.1, 0.15) is 5.65 Å². The molecule has 1 aliphatic heterocycles. The van der Waals surface area contributed by atoms with Crippen molar-refractivity contribution in [3.8, 4) is 6.07 Å². The van der Waals surface area contributed by atoms with E-state index in [1.165, 1.54) is 0 Å². The largest absolute Gasteiger partial charge is 0.345 e. The predicted octanol–water partition coefficient (Wildman–Crippen LogP) is 1.94. The number of carbonyl (C=O) groups excluding carboxylic acids is 1. The topological polar surface area (TPSA) is 72.8 Å². The summed E-state index contributed by atoms with van der Waals surface area (Å²) in [5.74, 6) is 0.115. The Kier molecular flexibility index (Phi) is 2.92. The van der Waals surface area contributed by atoms with E-state index in [1.807, 2.05) is 17.0 Å². The molecule has 0 spiro atoms. The molecule has 1 saturated heterocycles. The highest BCUT2D eigenvalue weighted by Gasteiger charge is 2.25. The molecule has 96 valence electrons. The number of aromatic nitrogens is 2. The molecule has 0 saturated carbocycles. The van der Waals surface area contributed by atoms with Gasteiger partial charge in [-0.15, -0.1) is 0 Å². The lowest BCUT2D eigenvalue weighted by Crippen LogP contribution is -2.38. The van der Waals surface area contributed by atoms with Gasteiger partial charge in [-0.1, -0.05) is 0 Å². The first-order valence-corrected chi connectivity index (χ1v) is 6.40. The molecule has 0 radical (unpaired) electrons. The summed E-state index contributed by atoms with van der Waals surface area (Å²) < 4.78 is 0. The summed E-state index contributed by atoms with van der Waals surface area (Å²) in [5.41, 5.74) is 1.40. The number of amides is 1. The fraction of sp³-hybridized carbons (Fsp3) is 0.357. The summed E-state index contributed by atoms with van der Waals surface area (Å²) in [6.45, 7) is 1.31. The Morgan fingerprint density at radius 3 is 3.00 bits per heavy atom. The highest BCUT2D eigenvalue weighted by molar-refractivity contribution is 6.05. The highest BCUT2D eigenvalue weighted by Crippen LogP contribution is 2.21. The van der Waals surface area contributed by atoms with Crippen molar-refractivity contribution in [1.29, 1.82) is 5.26 Å². The number of rotatable bonds is 1. The molecule has 5 nitrogen and oxygen atoms in total. The number of fused-ring (bicyclic) bond motifs is 1. The van der Waals surface area contributed by atoms with Crippen molar-refractivity contribution in [2.45, 2.75) is 12.8 Å². The maximum atomic E-state index is 12.5. The Morgan fingerprint density at radius 1 is 1.47 bits per heavy atom. The SMILES string of the molecule is N#CC1CCN(C(=O)c2c[nH]c3ncccc23)CC1. The van der Waals surface area contributed by atoms with Gasteiger partial charge in [0.25, 0.3) is 5.91 Å². The molecule has 19 heavy (non-hydrogen) atoms. The van der Waals surface area contributed by atoms with Crippen molar-refractivity contribution in [3.05, 3.63) is 30.1 Å². The lowest BCUT2D eigenvalue weighted by atomic mass is 9.98. The minimum absolute atomic E-state index is 0.0237. The van der Waals surface area contributed by atoms with Crippen LogP contribution in [0.1, 0.15) is 23.2 Å². The predicted molar refractivity (Wildman–Crippen MR) is 70.3 cm³/mol. The van der Waals surface area contributed by atoms with Gasteiger partial charge in [0.05, 0.1) is 11.6 Å². The normalized spacial score (nSPS) is 16.5. The lowest BCUT2D eigenvalue weighted by Gasteiger charge is -2.29. The number of piperidine rings is 1. The zero-order valence-corrected chi connectivity index (χ0v) is 10.5. The molecule has 3 heterocycles. The third-order valence-electron chi connectivity index (χ3n) is 3.65. The first kappa shape index (κ1) is 11.7. The molecule has 1 N–H and O–H groups in total. The summed E-state index contributed by atoms with van der Waals surface area (Å²) in [7, 11) is 0. The van der Waals surface area contributed by atoms with Gasteiger partial charge in [-0.2, -0.15) is 5.26 Å². The standard InChI is InChI=1S/C14H14N4O/c15-8-10-3-6-18(7-4-10)14(19)12-9-17-13-11(12)2-1-5-16-13/h1-2,5,9-10H,3-4,6-7H2,(H,16,17). The molecule has 0 bridgehead atoms. The van der Waals surface area contributed by atoms with Crippen LogP contribution in [0.25, 0.3) is 11.0 Å². The fourth-order valence-corrected chi connectivity index (χ4v) is 2.51. The second-order valence-corrected chi connectivity index (χ2v) is 4.80. The van der Waals surface area contributed by atoms with Crippen molar-refractivity contribution in [2.24, 2.45) is 5.92 Å². The number of carbonyl (C=O) groups is 1. The van der Waals surface area contributed by atoms with Crippen molar-refractivity contribution in [1.82, 2.24) is 14.9 Å². The van der Waals surface area contributed by atoms with Gasteiger partial charge in [0.2, 0.25) is 0 Å². The first-order valence-electron chi connectivity index (χ1n) is 6.40. The van der Waals surface area contributed by atoms with Crippen LogP contribution in [0.3, 0.4) is 0 Å². The summed E-state index contributed by atoms with van der Waals surface area (Å²) in [4.78, 5) is 21.5. The van der Waals surface area contributed by atoms with Crippen LogP contribution < -0.4 is 0 Å². The van der Waals surface area contributed by atoms with Gasteiger partial charge >= 0.3 is 0 Å². The molecule has 1 aliphatic rings. The van der Waals surface area contributed by atoms with E-state index in [4.69, 9.17) is 5.26 Å². The first-order chi connectivity index (χ1) is 9.29. The van der Waals surface area contributed by atoms with Gasteiger partial charge in [0, 0.05) is 36.8 Å². The van der Waals surface area contributed by atoms with Crippen LogP contribution in [0, 0.1) is 17.2 Å². The van der Waals surface area contributed by atoms with Crippen LogP contribution in [0.2, 0.25) is 0 Å². The number of hydrogen-bond donors (Lipinski definition) is 1. The Hall–Kier alpha value is -2.35. The highest BCUT2D eigenvalue weighted by atomic mass is 16.2. The molecule has 1 fully saturated rings. The molecular formula is C14H14N4O. The third-order valence-corrected chi connectivity index (χ3v) is 3.65. The van der Waals surface area contributed by atoms with Crippen molar-refractivity contribution < 1.29 is 4.79 Å². The summed E-state index contributed by atoms with van der Waals surface area (Å²) in [6, 6.07) is 6.00. The van der Waals surface area contributed by atoms with Gasteiger partial charge in [-0.3, -0.25) is 4.79 Å². The van der Waals surface area contributed by atoms with Crippen LogP contribution in [-0.2, 0) is 0 Å². The number of pyridine rings is 1. The summed E-state index contributed by atoms with van der Waals surface area (Å²) in [5, 5.41) is 9.73. The number of aromatic amines is 1. The number of H-pyrrole nitrogens is 1. The molecule has 2 aromatic rings. The monoisotopic (exact) mass is 254 g/mol. The Balaban J connectivity index is 1.83. The average molecular weight is 254 g/mol. The van der Waals surface area contributed by atoms with Crippen LogP contribution in [0.15, 0.2) is 24.5 Å². The van der Waals surface area contributed by atoms with E-state index in [9.17, 15) is 4.79 Å². The van der Waals surface area contributed by atoms with E-state index in [0.29, 0.717) is 18.7 Å². The minimum Gasteiger partial charge on any atom is -0.345 e. The molecule has 3 rings (SSSR count). The molecule has 0 unspecified atom stereocenters. The smallest absolute Gasteiger partial charge is 0.256 e. The summed E-state index contributed by atoms with van der Waals surface area (Å²) >= 11 is 0. The van der Waals surface area contributed by atoms with Gasteiger partial charge < -0.3 is 9.88 Å². The maximum Gasteiger partial charge on any atom is 0.256 e. The molecule has 0 aliphatic carbocycles. The van der Waals surface area contributed by atoms with Gasteiger partial charge in [-0.05, 0) is 25.0 Å².